The van der Waals surface area contributed by atoms with Gasteiger partial charge in [-0.15, -0.1) is 10.2 Å². The summed E-state index contributed by atoms with van der Waals surface area (Å²) in [5, 5.41) is 9.27. The van der Waals surface area contributed by atoms with Crippen molar-refractivity contribution in [1.82, 2.24) is 15.2 Å². The summed E-state index contributed by atoms with van der Waals surface area (Å²) in [4.78, 5) is 17.2. The van der Waals surface area contributed by atoms with E-state index in [1.54, 1.807) is 0 Å². The molecule has 1 aromatic heterocycles. The topological polar surface area (TPSA) is 55.7 Å². The molecular weight excluding hydrogens is 390 g/mol. The molecule has 0 radical (unpaired) electrons. The van der Waals surface area contributed by atoms with E-state index in [0.29, 0.717) is 10.7 Å². The van der Waals surface area contributed by atoms with Crippen LogP contribution in [0, 0.1) is 13.8 Å². The van der Waals surface area contributed by atoms with Crippen LogP contribution in [-0.4, -0.2) is 26.7 Å². The van der Waals surface area contributed by atoms with E-state index in [4.69, 9.17) is 4.98 Å². The Morgan fingerprint density at radius 3 is 1.90 bits per heavy atom. The summed E-state index contributed by atoms with van der Waals surface area (Å²) in [6, 6.07) is 25.6. The molecule has 0 amide bonds. The van der Waals surface area contributed by atoms with Gasteiger partial charge in [-0.1, -0.05) is 102 Å². The van der Waals surface area contributed by atoms with Gasteiger partial charge in [-0.2, -0.15) is 0 Å². The molecule has 0 unspecified atom stereocenters. The predicted molar refractivity (Wildman–Crippen MR) is 122 cm³/mol. The Hall–Kier alpha value is -3.31. The average Bonchev–Trinajstić information content (AvgIpc) is 2.79. The van der Waals surface area contributed by atoms with Crippen molar-refractivity contribution < 1.29 is 4.79 Å². The van der Waals surface area contributed by atoms with Gasteiger partial charge in [0, 0.05) is 16.7 Å². The van der Waals surface area contributed by atoms with Gasteiger partial charge in [0.2, 0.25) is 5.16 Å². The zero-order valence-corrected chi connectivity index (χ0v) is 17.7. The zero-order chi connectivity index (χ0) is 20.9. The molecule has 5 heteroatoms. The maximum atomic E-state index is 12.4. The lowest BCUT2D eigenvalue weighted by atomic mass is 10.0. The van der Waals surface area contributed by atoms with E-state index in [0.717, 1.165) is 22.5 Å². The summed E-state index contributed by atoms with van der Waals surface area (Å²) in [6.45, 7) is 4.11. The Bertz CT molecular complexity index is 1160. The minimum Gasteiger partial charge on any atom is -0.293 e. The molecule has 1 heterocycles. The number of benzene rings is 3. The minimum absolute atomic E-state index is 0.0451. The number of hydrogen-bond acceptors (Lipinski definition) is 5. The molecule has 0 aliphatic heterocycles. The van der Waals surface area contributed by atoms with E-state index in [2.05, 4.69) is 48.3 Å². The first-order valence-electron chi connectivity index (χ1n) is 9.70. The highest BCUT2D eigenvalue weighted by Gasteiger charge is 2.15. The average molecular weight is 412 g/mol. The Labute approximate surface area is 180 Å². The van der Waals surface area contributed by atoms with Crippen molar-refractivity contribution in [3.63, 3.8) is 0 Å². The van der Waals surface area contributed by atoms with Crippen LogP contribution in [0.5, 0.6) is 0 Å². The van der Waals surface area contributed by atoms with Gasteiger partial charge < -0.3 is 0 Å². The van der Waals surface area contributed by atoms with E-state index in [9.17, 15) is 4.79 Å². The van der Waals surface area contributed by atoms with Gasteiger partial charge in [-0.25, -0.2) is 4.98 Å². The van der Waals surface area contributed by atoms with E-state index in [1.807, 2.05) is 54.6 Å². The van der Waals surface area contributed by atoms with Crippen LogP contribution < -0.4 is 0 Å². The van der Waals surface area contributed by atoms with Crippen LogP contribution in [0.2, 0.25) is 0 Å². The molecule has 148 valence electrons. The van der Waals surface area contributed by atoms with Gasteiger partial charge in [-0.3, -0.25) is 4.79 Å². The highest BCUT2D eigenvalue weighted by molar-refractivity contribution is 7.99. The number of aryl methyl sites for hydroxylation is 2. The molecule has 3 aromatic carbocycles. The van der Waals surface area contributed by atoms with Gasteiger partial charge in [0.15, 0.2) is 5.78 Å². The van der Waals surface area contributed by atoms with Crippen LogP contribution in [-0.2, 0) is 0 Å². The number of ketones is 1. The van der Waals surface area contributed by atoms with Crippen molar-refractivity contribution in [2.75, 3.05) is 5.75 Å². The SMILES string of the molecule is Cc1ccc(-c2nnc(SCC(=O)c3ccccc3)nc2-c2ccc(C)cc2)cc1. The first-order chi connectivity index (χ1) is 14.6. The lowest BCUT2D eigenvalue weighted by molar-refractivity contribution is 0.102. The van der Waals surface area contributed by atoms with Crippen LogP contribution in [0.1, 0.15) is 21.5 Å². The molecule has 0 bridgehead atoms. The Morgan fingerprint density at radius 1 is 0.733 bits per heavy atom. The molecule has 0 atom stereocenters. The van der Waals surface area contributed by atoms with Gasteiger partial charge >= 0.3 is 0 Å². The fraction of sp³-hybridized carbons (Fsp3) is 0.120. The van der Waals surface area contributed by atoms with Crippen molar-refractivity contribution in [1.29, 1.82) is 0 Å². The third kappa shape index (κ3) is 4.63. The summed E-state index contributed by atoms with van der Waals surface area (Å²) < 4.78 is 0. The molecule has 0 N–H and O–H groups in total. The van der Waals surface area contributed by atoms with Crippen molar-refractivity contribution in [2.24, 2.45) is 0 Å². The molecule has 0 spiro atoms. The van der Waals surface area contributed by atoms with Crippen LogP contribution in [0.15, 0.2) is 84.0 Å². The Balaban J connectivity index is 1.66. The van der Waals surface area contributed by atoms with Gasteiger partial charge in [-0.05, 0) is 13.8 Å². The fourth-order valence-electron chi connectivity index (χ4n) is 3.03. The second kappa shape index (κ2) is 9.01. The third-order valence-electron chi connectivity index (χ3n) is 4.75. The molecule has 4 aromatic rings. The van der Waals surface area contributed by atoms with Crippen LogP contribution in [0.4, 0.5) is 0 Å². The number of nitrogens with zero attached hydrogens (tertiary/aromatic N) is 3. The van der Waals surface area contributed by atoms with Crippen LogP contribution in [0.3, 0.4) is 0 Å². The summed E-state index contributed by atoms with van der Waals surface area (Å²) in [7, 11) is 0. The van der Waals surface area contributed by atoms with Gasteiger partial charge in [0.1, 0.15) is 11.4 Å². The number of thioether (sulfide) groups is 1. The molecular formula is C25H21N3OS. The summed E-state index contributed by atoms with van der Waals surface area (Å²) in [5.74, 6) is 0.312. The largest absolute Gasteiger partial charge is 0.293 e. The number of carbonyl (C=O) groups excluding carboxylic acids is 1. The number of rotatable bonds is 6. The number of hydrogen-bond donors (Lipinski definition) is 0. The molecule has 4 rings (SSSR count). The molecule has 0 aliphatic rings. The standard InChI is InChI=1S/C25H21N3OS/c1-17-8-12-20(13-9-17)23-24(21-14-10-18(2)11-15-21)27-28-25(26-23)30-16-22(29)19-6-4-3-5-7-19/h3-15H,16H2,1-2H3. The van der Waals surface area contributed by atoms with Crippen molar-refractivity contribution in [2.45, 2.75) is 19.0 Å². The summed E-state index contributed by atoms with van der Waals surface area (Å²) in [6.07, 6.45) is 0. The van der Waals surface area contributed by atoms with E-state index in [1.165, 1.54) is 22.9 Å². The smallest absolute Gasteiger partial charge is 0.210 e. The quantitative estimate of drug-likeness (QED) is 0.297. The van der Waals surface area contributed by atoms with Gasteiger partial charge in [0.25, 0.3) is 0 Å². The van der Waals surface area contributed by atoms with Crippen LogP contribution >= 0.6 is 11.8 Å². The number of aromatic nitrogens is 3. The highest BCUT2D eigenvalue weighted by Crippen LogP contribution is 2.30. The predicted octanol–water partition coefficient (Wildman–Crippen LogP) is 5.80. The molecule has 0 saturated carbocycles. The van der Waals surface area contributed by atoms with E-state index in [-0.39, 0.29) is 11.5 Å². The van der Waals surface area contributed by atoms with E-state index >= 15 is 0 Å². The minimum atomic E-state index is 0.0451. The monoisotopic (exact) mass is 411 g/mol. The Morgan fingerprint density at radius 2 is 1.30 bits per heavy atom. The third-order valence-corrected chi connectivity index (χ3v) is 5.58. The molecule has 0 aliphatic carbocycles. The van der Waals surface area contributed by atoms with Gasteiger partial charge in [0.05, 0.1) is 5.75 Å². The van der Waals surface area contributed by atoms with Crippen molar-refractivity contribution >= 4 is 17.5 Å². The highest BCUT2D eigenvalue weighted by atomic mass is 32.2. The molecule has 0 fully saturated rings. The molecule has 4 nitrogen and oxygen atoms in total. The summed E-state index contributed by atoms with van der Waals surface area (Å²) >= 11 is 1.31. The number of carbonyl (C=O) groups is 1. The zero-order valence-electron chi connectivity index (χ0n) is 16.9. The van der Waals surface area contributed by atoms with Crippen molar-refractivity contribution in [3.8, 4) is 22.5 Å². The van der Waals surface area contributed by atoms with E-state index < -0.39 is 0 Å². The molecule has 30 heavy (non-hydrogen) atoms. The Kier molecular flexibility index (Phi) is 6.00. The van der Waals surface area contributed by atoms with Crippen LogP contribution in [0.25, 0.3) is 22.5 Å². The first-order valence-corrected chi connectivity index (χ1v) is 10.7. The number of Topliss-reactive ketones (excluding diaryl/α,β-unsaturated/α-hetero) is 1. The summed E-state index contributed by atoms with van der Waals surface area (Å²) in [5.41, 5.74) is 6.49. The fourth-order valence-corrected chi connectivity index (χ4v) is 3.71. The second-order valence-corrected chi connectivity index (χ2v) is 8.04. The maximum Gasteiger partial charge on any atom is 0.210 e. The molecule has 0 saturated heterocycles. The second-order valence-electron chi connectivity index (χ2n) is 7.10. The normalized spacial score (nSPS) is 10.7. The first kappa shape index (κ1) is 20.0. The lowest BCUT2D eigenvalue weighted by Crippen LogP contribution is -2.04. The van der Waals surface area contributed by atoms with Crippen molar-refractivity contribution in [3.05, 3.63) is 95.6 Å². The maximum absolute atomic E-state index is 12.4. The lowest BCUT2D eigenvalue weighted by Gasteiger charge is -2.10.